The molecule has 150 valence electrons. The summed E-state index contributed by atoms with van der Waals surface area (Å²) in [5.74, 6) is 0.372. The zero-order valence-electron chi connectivity index (χ0n) is 16.5. The predicted octanol–water partition coefficient (Wildman–Crippen LogP) is 5.08. The van der Waals surface area contributed by atoms with Gasteiger partial charge in [-0.2, -0.15) is 13.2 Å². The van der Waals surface area contributed by atoms with Gasteiger partial charge in [0.2, 0.25) is 0 Å². The van der Waals surface area contributed by atoms with Crippen LogP contribution in [0, 0.1) is 0 Å². The third-order valence-electron chi connectivity index (χ3n) is 5.88. The number of aromatic nitrogens is 2. The maximum absolute atomic E-state index is 13.1. The van der Waals surface area contributed by atoms with Crippen LogP contribution in [0.1, 0.15) is 57.8 Å². The highest BCUT2D eigenvalue weighted by atomic mass is 19.4. The van der Waals surface area contributed by atoms with E-state index in [2.05, 4.69) is 4.98 Å². The van der Waals surface area contributed by atoms with Gasteiger partial charge in [-0.25, -0.2) is 4.98 Å². The molecule has 0 radical (unpaired) electrons. The molecule has 1 saturated carbocycles. The monoisotopic (exact) mass is 392 g/mol. The van der Waals surface area contributed by atoms with E-state index in [1.165, 1.54) is 0 Å². The summed E-state index contributed by atoms with van der Waals surface area (Å²) in [6, 6.07) is 7.56. The van der Waals surface area contributed by atoms with E-state index < -0.39 is 11.9 Å². The average Bonchev–Trinajstić information content (AvgIpc) is 3.26. The molecule has 8 heteroatoms. The first-order chi connectivity index (χ1) is 13.0. The van der Waals surface area contributed by atoms with Crippen LogP contribution in [0.5, 0.6) is 0 Å². The number of benzene rings is 1. The molecular formula is C20H24BF3N2O2. The van der Waals surface area contributed by atoms with Crippen LogP contribution in [0.15, 0.2) is 30.5 Å². The van der Waals surface area contributed by atoms with E-state index in [0.29, 0.717) is 17.7 Å². The fourth-order valence-electron chi connectivity index (χ4n) is 3.41. The van der Waals surface area contributed by atoms with Gasteiger partial charge in [-0.1, -0.05) is 24.3 Å². The van der Waals surface area contributed by atoms with Gasteiger partial charge in [0.1, 0.15) is 5.82 Å². The van der Waals surface area contributed by atoms with Crippen LogP contribution in [0.2, 0.25) is 0 Å². The molecule has 1 aromatic carbocycles. The second kappa shape index (κ2) is 6.35. The van der Waals surface area contributed by atoms with E-state index in [4.69, 9.17) is 9.31 Å². The van der Waals surface area contributed by atoms with Gasteiger partial charge in [-0.15, -0.1) is 0 Å². The molecular weight excluding hydrogens is 368 g/mol. The van der Waals surface area contributed by atoms with Crippen LogP contribution < -0.4 is 0 Å². The first-order valence-corrected chi connectivity index (χ1v) is 9.57. The summed E-state index contributed by atoms with van der Waals surface area (Å²) in [5, 5.41) is 0. The summed E-state index contributed by atoms with van der Waals surface area (Å²) in [5.41, 5.74) is 0.0694. The Morgan fingerprint density at radius 2 is 1.64 bits per heavy atom. The van der Waals surface area contributed by atoms with E-state index in [9.17, 15) is 13.2 Å². The van der Waals surface area contributed by atoms with E-state index in [1.54, 1.807) is 4.57 Å². The third-order valence-corrected chi connectivity index (χ3v) is 5.88. The van der Waals surface area contributed by atoms with Gasteiger partial charge < -0.3 is 13.9 Å². The van der Waals surface area contributed by atoms with Gasteiger partial charge in [0, 0.05) is 24.1 Å². The molecule has 4 rings (SSSR count). The largest absolute Gasteiger partial charge is 0.462 e. The molecule has 1 aliphatic heterocycles. The van der Waals surface area contributed by atoms with Crippen molar-refractivity contribution in [2.24, 2.45) is 0 Å². The molecule has 0 spiro atoms. The Morgan fingerprint density at radius 3 is 2.14 bits per heavy atom. The maximum atomic E-state index is 13.1. The molecule has 1 saturated heterocycles. The van der Waals surface area contributed by atoms with Crippen molar-refractivity contribution in [3.05, 3.63) is 41.7 Å². The lowest BCUT2D eigenvalue weighted by molar-refractivity contribution is -0.140. The summed E-state index contributed by atoms with van der Waals surface area (Å²) in [4.78, 5) is 3.87. The zero-order valence-corrected chi connectivity index (χ0v) is 16.5. The molecule has 0 amide bonds. The fraction of sp³-hybridized carbons (Fsp3) is 0.550. The first kappa shape index (κ1) is 19.5. The summed E-state index contributed by atoms with van der Waals surface area (Å²) in [6.45, 7) is 8.02. The van der Waals surface area contributed by atoms with Crippen molar-refractivity contribution in [2.45, 2.75) is 70.3 Å². The third kappa shape index (κ3) is 3.60. The fourth-order valence-corrected chi connectivity index (χ4v) is 3.41. The Kier molecular flexibility index (Phi) is 4.43. The minimum Gasteiger partial charge on any atom is -0.403 e. The number of rotatable bonds is 4. The Balaban J connectivity index is 1.54. The minimum absolute atomic E-state index is 0.114. The maximum Gasteiger partial charge on any atom is 0.462 e. The number of hydrogen-bond acceptors (Lipinski definition) is 3. The summed E-state index contributed by atoms with van der Waals surface area (Å²) < 4.78 is 53.0. The van der Waals surface area contributed by atoms with Crippen molar-refractivity contribution in [1.82, 2.24) is 9.55 Å². The van der Waals surface area contributed by atoms with Crippen LogP contribution in [0.3, 0.4) is 0 Å². The second-order valence-electron chi connectivity index (χ2n) is 8.67. The molecule has 1 aromatic heterocycles. The summed E-state index contributed by atoms with van der Waals surface area (Å²) in [6.07, 6.45) is -0.948. The Morgan fingerprint density at radius 1 is 1.07 bits per heavy atom. The Bertz CT molecular complexity index is 855. The number of nitrogens with zero attached hydrogens (tertiary/aromatic N) is 2. The SMILES string of the molecule is CC1(C)OB(Cc2ccc(-c3nc(C(F)(F)F)cn3C3CC3)cc2)OC1(C)C. The molecule has 0 bridgehead atoms. The Labute approximate surface area is 163 Å². The van der Waals surface area contributed by atoms with Crippen molar-refractivity contribution in [3.8, 4) is 11.4 Å². The van der Waals surface area contributed by atoms with E-state index in [0.717, 1.165) is 24.6 Å². The lowest BCUT2D eigenvalue weighted by atomic mass is 9.80. The molecule has 2 fully saturated rings. The quantitative estimate of drug-likeness (QED) is 0.681. The highest BCUT2D eigenvalue weighted by Crippen LogP contribution is 2.41. The standard InChI is InChI=1S/C20H24BF3N2O2/c1-18(2)19(3,4)28-21(27-18)11-13-5-7-14(8-6-13)17-25-16(20(22,23)24)12-26(17)15-9-10-15/h5-8,12,15H,9-11H2,1-4H3. The summed E-state index contributed by atoms with van der Waals surface area (Å²) >= 11 is 0. The van der Waals surface area contributed by atoms with Crippen molar-refractivity contribution in [1.29, 1.82) is 0 Å². The molecule has 28 heavy (non-hydrogen) atoms. The van der Waals surface area contributed by atoms with Crippen LogP contribution in [-0.2, 0) is 21.8 Å². The van der Waals surface area contributed by atoms with Crippen molar-refractivity contribution < 1.29 is 22.5 Å². The van der Waals surface area contributed by atoms with Gasteiger partial charge in [-0.3, -0.25) is 0 Å². The predicted molar refractivity (Wildman–Crippen MR) is 101 cm³/mol. The van der Waals surface area contributed by atoms with Gasteiger partial charge >= 0.3 is 13.3 Å². The highest BCUT2D eigenvalue weighted by Gasteiger charge is 2.50. The number of hydrogen-bond donors (Lipinski definition) is 0. The minimum atomic E-state index is -4.44. The van der Waals surface area contributed by atoms with Crippen molar-refractivity contribution in [2.75, 3.05) is 0 Å². The van der Waals surface area contributed by atoms with Gasteiger partial charge in [0.15, 0.2) is 5.69 Å². The van der Waals surface area contributed by atoms with E-state index in [-0.39, 0.29) is 24.4 Å². The first-order valence-electron chi connectivity index (χ1n) is 9.57. The molecule has 1 aliphatic carbocycles. The topological polar surface area (TPSA) is 36.3 Å². The molecule has 0 N–H and O–H groups in total. The highest BCUT2D eigenvalue weighted by molar-refractivity contribution is 6.45. The smallest absolute Gasteiger partial charge is 0.403 e. The van der Waals surface area contributed by atoms with Crippen LogP contribution in [0.25, 0.3) is 11.4 Å². The normalized spacial score (nSPS) is 21.3. The van der Waals surface area contributed by atoms with Gasteiger partial charge in [0.05, 0.1) is 11.2 Å². The lowest BCUT2D eigenvalue weighted by Crippen LogP contribution is -2.41. The van der Waals surface area contributed by atoms with Crippen LogP contribution in [-0.4, -0.2) is 27.9 Å². The molecule has 2 aromatic rings. The zero-order chi connectivity index (χ0) is 20.3. The molecule has 0 unspecified atom stereocenters. The molecule has 4 nitrogen and oxygen atoms in total. The Hall–Kier alpha value is -1.80. The molecule has 2 heterocycles. The van der Waals surface area contributed by atoms with Crippen LogP contribution in [0.4, 0.5) is 13.2 Å². The number of halogens is 3. The van der Waals surface area contributed by atoms with Gasteiger partial charge in [-0.05, 0) is 46.1 Å². The summed E-state index contributed by atoms with van der Waals surface area (Å²) in [7, 11) is -0.346. The number of alkyl halides is 3. The van der Waals surface area contributed by atoms with Crippen molar-refractivity contribution >= 4 is 7.12 Å². The van der Waals surface area contributed by atoms with Crippen LogP contribution >= 0.6 is 0 Å². The van der Waals surface area contributed by atoms with Gasteiger partial charge in [0.25, 0.3) is 0 Å². The lowest BCUT2D eigenvalue weighted by Gasteiger charge is -2.32. The average molecular weight is 392 g/mol. The molecule has 0 atom stereocenters. The van der Waals surface area contributed by atoms with Crippen molar-refractivity contribution in [3.63, 3.8) is 0 Å². The molecule has 2 aliphatic rings. The van der Waals surface area contributed by atoms with E-state index >= 15 is 0 Å². The number of imidazole rings is 1. The van der Waals surface area contributed by atoms with E-state index in [1.807, 2.05) is 52.0 Å². The second-order valence-corrected chi connectivity index (χ2v) is 8.67.